The number of aromatic nitrogens is 1. The Kier molecular flexibility index (Phi) is 6.06. The number of nitrogens with one attached hydrogen (secondary N) is 1. The Morgan fingerprint density at radius 2 is 2.17 bits per heavy atom. The molecule has 8 heteroatoms. The minimum absolute atomic E-state index is 0.0407. The molecule has 0 aliphatic carbocycles. The van der Waals surface area contributed by atoms with Crippen LogP contribution in [0.15, 0.2) is 51.5 Å². The average molecular weight is 461 g/mol. The highest BCUT2D eigenvalue weighted by Crippen LogP contribution is 2.46. The number of aryl methyl sites for hydroxylation is 1. The number of carbonyl (C=O) groups excluding carboxylic acids is 1. The smallest absolute Gasteiger partial charge is 0.257 e. The summed E-state index contributed by atoms with van der Waals surface area (Å²) in [7, 11) is 0. The van der Waals surface area contributed by atoms with Crippen molar-refractivity contribution in [1.82, 2.24) is 9.88 Å². The first-order valence-corrected chi connectivity index (χ1v) is 11.7. The molecule has 0 saturated heterocycles. The van der Waals surface area contributed by atoms with Crippen LogP contribution in [0, 0.1) is 6.92 Å². The second-order valence-corrected chi connectivity index (χ2v) is 9.96. The van der Waals surface area contributed by atoms with Crippen molar-refractivity contribution in [3.8, 4) is 5.69 Å². The number of fused-ring (bicyclic) bond motifs is 3. The van der Waals surface area contributed by atoms with E-state index in [4.69, 9.17) is 11.6 Å². The number of pyridine rings is 1. The Morgan fingerprint density at radius 3 is 2.87 bits per heavy atom. The van der Waals surface area contributed by atoms with E-state index in [1.165, 1.54) is 10.9 Å². The Morgan fingerprint density at radius 1 is 1.37 bits per heavy atom. The molecule has 3 aromatic rings. The van der Waals surface area contributed by atoms with Crippen LogP contribution in [0.5, 0.6) is 0 Å². The van der Waals surface area contributed by atoms with E-state index in [0.717, 1.165) is 16.3 Å². The number of halogens is 1. The van der Waals surface area contributed by atoms with Crippen LogP contribution < -0.4 is 10.7 Å². The van der Waals surface area contributed by atoms with Gasteiger partial charge in [0, 0.05) is 50.0 Å². The van der Waals surface area contributed by atoms with E-state index >= 15 is 0 Å². The van der Waals surface area contributed by atoms with E-state index in [1.54, 1.807) is 30.0 Å². The summed E-state index contributed by atoms with van der Waals surface area (Å²) in [5.41, 5.74) is 2.16. The predicted octanol–water partition coefficient (Wildman–Crippen LogP) is 4.36. The molecular formula is C22H21ClN2O3S2. The third kappa shape index (κ3) is 3.95. The van der Waals surface area contributed by atoms with Gasteiger partial charge in [0.15, 0.2) is 5.43 Å². The first kappa shape index (κ1) is 21.2. The van der Waals surface area contributed by atoms with Gasteiger partial charge < -0.3 is 15.0 Å². The number of aliphatic hydroxyl groups excluding tert-OH is 1. The van der Waals surface area contributed by atoms with Crippen molar-refractivity contribution >= 4 is 40.6 Å². The van der Waals surface area contributed by atoms with Crippen molar-refractivity contribution in [1.29, 1.82) is 0 Å². The second kappa shape index (κ2) is 8.59. The highest BCUT2D eigenvalue weighted by atomic mass is 35.5. The molecule has 1 amide bonds. The normalized spacial score (nSPS) is 16.3. The summed E-state index contributed by atoms with van der Waals surface area (Å²) in [5.74, 6) is -0.461. The predicted molar refractivity (Wildman–Crippen MR) is 122 cm³/mol. The summed E-state index contributed by atoms with van der Waals surface area (Å²) in [6.45, 7) is 3.37. The molecule has 1 aromatic carbocycles. The summed E-state index contributed by atoms with van der Waals surface area (Å²) in [4.78, 5) is 28.1. The maximum Gasteiger partial charge on any atom is 0.257 e. The zero-order chi connectivity index (χ0) is 21.4. The summed E-state index contributed by atoms with van der Waals surface area (Å²) in [6, 6.07) is 10.8. The number of rotatable bonds is 4. The van der Waals surface area contributed by atoms with Gasteiger partial charge in [-0.15, -0.1) is 23.1 Å². The molecule has 30 heavy (non-hydrogen) atoms. The highest BCUT2D eigenvalue weighted by Gasteiger charge is 2.30. The molecule has 0 spiro atoms. The Labute approximate surface area is 187 Å². The molecule has 0 radical (unpaired) electrons. The largest absolute Gasteiger partial charge is 0.394 e. The monoisotopic (exact) mass is 460 g/mol. The summed E-state index contributed by atoms with van der Waals surface area (Å²) in [6.07, 6.45) is 0.519. The van der Waals surface area contributed by atoms with E-state index in [1.807, 2.05) is 41.1 Å². The van der Waals surface area contributed by atoms with Crippen LogP contribution in [0.3, 0.4) is 0 Å². The first-order valence-electron chi connectivity index (χ1n) is 9.56. The summed E-state index contributed by atoms with van der Waals surface area (Å²) >= 11 is 9.64. The number of carbonyl (C=O) groups is 1. The Hall–Kier alpha value is -2.06. The fourth-order valence-electron chi connectivity index (χ4n) is 3.68. The highest BCUT2D eigenvalue weighted by molar-refractivity contribution is 7.99. The molecule has 0 fully saturated rings. The second-order valence-electron chi connectivity index (χ2n) is 7.30. The van der Waals surface area contributed by atoms with E-state index in [2.05, 4.69) is 11.4 Å². The third-order valence-corrected chi connectivity index (χ3v) is 7.70. The molecule has 156 valence electrons. The fourth-order valence-corrected chi connectivity index (χ4v) is 6.15. The van der Waals surface area contributed by atoms with Gasteiger partial charge in [-0.1, -0.05) is 17.7 Å². The lowest BCUT2D eigenvalue weighted by atomic mass is 10.0. The SMILES string of the molecule is Cc1cc(=O)c(C(=O)NC(C)CO)c2n1-c1ccc(Cl)cc1SC(c1cccs1)C2. The van der Waals surface area contributed by atoms with Gasteiger partial charge in [-0.2, -0.15) is 0 Å². The van der Waals surface area contributed by atoms with Crippen molar-refractivity contribution in [2.45, 2.75) is 36.5 Å². The molecule has 2 N–H and O–H groups in total. The van der Waals surface area contributed by atoms with Crippen LogP contribution in [0.1, 0.15) is 38.8 Å². The number of nitrogens with zero attached hydrogens (tertiary/aromatic N) is 1. The number of amides is 1. The topological polar surface area (TPSA) is 71.3 Å². The quantitative estimate of drug-likeness (QED) is 0.606. The van der Waals surface area contributed by atoms with Crippen LogP contribution in [-0.2, 0) is 6.42 Å². The first-order chi connectivity index (χ1) is 14.4. The van der Waals surface area contributed by atoms with Gasteiger partial charge in [0.1, 0.15) is 5.56 Å². The van der Waals surface area contributed by atoms with Gasteiger partial charge in [0.2, 0.25) is 0 Å². The number of hydrogen-bond donors (Lipinski definition) is 2. The van der Waals surface area contributed by atoms with Crippen molar-refractivity contribution in [2.75, 3.05) is 6.61 Å². The number of benzene rings is 1. The number of thiophene rings is 1. The third-order valence-electron chi connectivity index (χ3n) is 5.05. The minimum Gasteiger partial charge on any atom is -0.394 e. The van der Waals surface area contributed by atoms with Crippen molar-refractivity contribution in [2.24, 2.45) is 0 Å². The molecule has 3 heterocycles. The van der Waals surface area contributed by atoms with Gasteiger partial charge >= 0.3 is 0 Å². The zero-order valence-electron chi connectivity index (χ0n) is 16.5. The van der Waals surface area contributed by atoms with Gasteiger partial charge in [-0.05, 0) is 43.5 Å². The maximum absolute atomic E-state index is 13.0. The van der Waals surface area contributed by atoms with Gasteiger partial charge in [-0.3, -0.25) is 9.59 Å². The molecular weight excluding hydrogens is 440 g/mol. The van der Waals surface area contributed by atoms with E-state index in [9.17, 15) is 14.7 Å². The van der Waals surface area contributed by atoms with E-state index in [-0.39, 0.29) is 22.8 Å². The van der Waals surface area contributed by atoms with E-state index in [0.29, 0.717) is 17.1 Å². The van der Waals surface area contributed by atoms with Crippen LogP contribution in [0.25, 0.3) is 5.69 Å². The fraction of sp³-hybridized carbons (Fsp3) is 0.273. The van der Waals surface area contributed by atoms with Crippen LogP contribution >= 0.6 is 34.7 Å². The van der Waals surface area contributed by atoms with Crippen LogP contribution in [0.2, 0.25) is 5.02 Å². The Balaban J connectivity index is 1.97. The number of aliphatic hydroxyl groups is 1. The maximum atomic E-state index is 13.0. The van der Waals surface area contributed by atoms with Crippen LogP contribution in [0.4, 0.5) is 0 Å². The number of hydrogen-bond acceptors (Lipinski definition) is 5. The summed E-state index contributed by atoms with van der Waals surface area (Å²) < 4.78 is 1.99. The van der Waals surface area contributed by atoms with Gasteiger partial charge in [0.05, 0.1) is 12.3 Å². The average Bonchev–Trinajstić information content (AvgIpc) is 3.17. The molecule has 0 bridgehead atoms. The van der Waals surface area contributed by atoms with Gasteiger partial charge in [0.25, 0.3) is 5.91 Å². The molecule has 1 aliphatic rings. The van der Waals surface area contributed by atoms with Crippen molar-refractivity contribution < 1.29 is 9.90 Å². The lowest BCUT2D eigenvalue weighted by Gasteiger charge is -2.20. The molecule has 1 aliphatic heterocycles. The molecule has 0 saturated carbocycles. The lowest BCUT2D eigenvalue weighted by molar-refractivity contribution is 0.0919. The van der Waals surface area contributed by atoms with Gasteiger partial charge in [-0.25, -0.2) is 0 Å². The minimum atomic E-state index is -0.461. The molecule has 2 unspecified atom stereocenters. The summed E-state index contributed by atoms with van der Waals surface area (Å²) in [5, 5.41) is 14.8. The molecule has 4 rings (SSSR count). The lowest BCUT2D eigenvalue weighted by Crippen LogP contribution is -2.39. The van der Waals surface area contributed by atoms with Crippen molar-refractivity contribution in [3.63, 3.8) is 0 Å². The Bertz CT molecular complexity index is 1160. The molecule has 5 nitrogen and oxygen atoms in total. The number of thioether (sulfide) groups is 1. The van der Waals surface area contributed by atoms with E-state index < -0.39 is 11.9 Å². The molecule has 2 aromatic heterocycles. The zero-order valence-corrected chi connectivity index (χ0v) is 18.9. The molecule has 2 atom stereocenters. The van der Waals surface area contributed by atoms with Crippen molar-refractivity contribution in [3.05, 3.63) is 78.9 Å². The standard InChI is InChI=1S/C22H21ClN2O3S2/c1-12(11-26)24-22(28)21-16-10-20(18-4-3-7-29-18)30-19-9-14(23)5-6-15(19)25(16)13(2)8-17(21)27/h3-9,12,20,26H,10-11H2,1-2H3,(H,24,28). The van der Waals surface area contributed by atoms with Crippen LogP contribution in [-0.4, -0.2) is 28.2 Å².